The van der Waals surface area contributed by atoms with Crippen LogP contribution < -0.4 is 5.32 Å². The van der Waals surface area contributed by atoms with E-state index in [0.29, 0.717) is 26.3 Å². The number of hydrogen-bond donors (Lipinski definition) is 1. The molecule has 126 valence electrons. The molecule has 0 spiro atoms. The number of carbonyl (C=O) groups is 2. The van der Waals surface area contributed by atoms with Crippen LogP contribution in [0.2, 0.25) is 10.0 Å². The lowest BCUT2D eigenvalue weighted by Crippen LogP contribution is -2.30. The number of nitrogens with one attached hydrogen (secondary N) is 1. The van der Waals surface area contributed by atoms with Crippen LogP contribution >= 0.6 is 35.0 Å². The van der Waals surface area contributed by atoms with Gasteiger partial charge in [0.05, 0.1) is 5.56 Å². The first-order valence-electron chi connectivity index (χ1n) is 6.87. The van der Waals surface area contributed by atoms with Crippen molar-refractivity contribution in [2.24, 2.45) is 0 Å². The highest BCUT2D eigenvalue weighted by atomic mass is 35.5. The van der Waals surface area contributed by atoms with E-state index in [0.717, 1.165) is 0 Å². The molecular weight excluding hydrogens is 371 g/mol. The number of amides is 1. The number of ether oxygens (including phenoxy) is 1. The quantitative estimate of drug-likeness (QED) is 0.614. The third kappa shape index (κ3) is 4.87. The predicted molar refractivity (Wildman–Crippen MR) is 96.0 cm³/mol. The standard InChI is InChI=1S/C16H14Cl2N2O3S/c1-9(14(21)20-12-7-10(17)6-11(18)8-12)23-16(22)13-4-3-5-19-15(13)24-2/h3-9H,1-2H3,(H,20,21)/t9-/m1/s1. The molecule has 24 heavy (non-hydrogen) atoms. The summed E-state index contributed by atoms with van der Waals surface area (Å²) in [6.45, 7) is 1.48. The third-order valence-electron chi connectivity index (χ3n) is 2.97. The summed E-state index contributed by atoms with van der Waals surface area (Å²) in [6, 6.07) is 7.88. The van der Waals surface area contributed by atoms with Gasteiger partial charge in [0.2, 0.25) is 0 Å². The number of aromatic nitrogens is 1. The number of halogens is 2. The molecule has 0 aliphatic heterocycles. The monoisotopic (exact) mass is 384 g/mol. The normalized spacial score (nSPS) is 11.7. The Morgan fingerprint density at radius 2 is 1.92 bits per heavy atom. The zero-order valence-corrected chi connectivity index (χ0v) is 15.2. The van der Waals surface area contributed by atoms with Gasteiger partial charge in [-0.2, -0.15) is 0 Å². The van der Waals surface area contributed by atoms with E-state index in [2.05, 4.69) is 10.3 Å². The number of esters is 1. The van der Waals surface area contributed by atoms with Crippen LogP contribution in [0.1, 0.15) is 17.3 Å². The Labute approximate surface area is 153 Å². The van der Waals surface area contributed by atoms with Crippen LogP contribution in [0.25, 0.3) is 0 Å². The molecule has 1 aromatic heterocycles. The van der Waals surface area contributed by atoms with Crippen molar-refractivity contribution in [1.29, 1.82) is 0 Å². The Kier molecular flexibility index (Phi) is 6.48. The van der Waals surface area contributed by atoms with Gasteiger partial charge in [-0.15, -0.1) is 11.8 Å². The first-order chi connectivity index (χ1) is 11.4. The zero-order valence-electron chi connectivity index (χ0n) is 12.9. The highest BCUT2D eigenvalue weighted by Gasteiger charge is 2.21. The van der Waals surface area contributed by atoms with Gasteiger partial charge >= 0.3 is 5.97 Å². The predicted octanol–water partition coefficient (Wildman–Crippen LogP) is 4.29. The molecule has 1 aromatic carbocycles. The fourth-order valence-corrected chi connectivity index (χ4v) is 2.92. The Bertz CT molecular complexity index is 750. The van der Waals surface area contributed by atoms with Crippen LogP contribution in [-0.2, 0) is 9.53 Å². The molecule has 2 rings (SSSR count). The summed E-state index contributed by atoms with van der Waals surface area (Å²) in [5.74, 6) is -1.10. The van der Waals surface area contributed by atoms with Gasteiger partial charge < -0.3 is 10.1 Å². The molecule has 0 saturated heterocycles. The maximum Gasteiger partial charge on any atom is 0.341 e. The van der Waals surface area contributed by atoms with Crippen molar-refractivity contribution in [2.45, 2.75) is 18.1 Å². The molecule has 1 atom stereocenters. The van der Waals surface area contributed by atoms with E-state index in [1.165, 1.54) is 18.7 Å². The Morgan fingerprint density at radius 3 is 2.54 bits per heavy atom. The van der Waals surface area contributed by atoms with E-state index in [9.17, 15) is 9.59 Å². The Hall–Kier alpha value is -1.76. The number of thioether (sulfide) groups is 1. The van der Waals surface area contributed by atoms with Crippen LogP contribution in [0.5, 0.6) is 0 Å². The summed E-state index contributed by atoms with van der Waals surface area (Å²) in [6.07, 6.45) is 2.39. The highest BCUT2D eigenvalue weighted by molar-refractivity contribution is 7.98. The SMILES string of the molecule is CSc1ncccc1C(=O)O[C@H](C)C(=O)Nc1cc(Cl)cc(Cl)c1. The second-order valence-electron chi connectivity index (χ2n) is 4.76. The van der Waals surface area contributed by atoms with Gasteiger partial charge in [0.25, 0.3) is 5.91 Å². The van der Waals surface area contributed by atoms with Crippen molar-refractivity contribution in [1.82, 2.24) is 4.98 Å². The third-order valence-corrected chi connectivity index (χ3v) is 4.12. The van der Waals surface area contributed by atoms with Gasteiger partial charge in [-0.25, -0.2) is 9.78 Å². The smallest absolute Gasteiger partial charge is 0.341 e. The van der Waals surface area contributed by atoms with Crippen molar-refractivity contribution in [2.75, 3.05) is 11.6 Å². The maximum absolute atomic E-state index is 12.2. The van der Waals surface area contributed by atoms with Crippen molar-refractivity contribution in [3.05, 3.63) is 52.1 Å². The van der Waals surface area contributed by atoms with E-state index in [1.54, 1.807) is 42.8 Å². The molecule has 1 amide bonds. The number of nitrogens with zero attached hydrogens (tertiary/aromatic N) is 1. The highest BCUT2D eigenvalue weighted by Crippen LogP contribution is 2.23. The van der Waals surface area contributed by atoms with Crippen LogP contribution in [0.15, 0.2) is 41.6 Å². The minimum absolute atomic E-state index is 0.315. The van der Waals surface area contributed by atoms with Gasteiger partial charge in [0.1, 0.15) is 5.03 Å². The number of benzene rings is 1. The molecule has 0 aliphatic carbocycles. The first-order valence-corrected chi connectivity index (χ1v) is 8.85. The second kappa shape index (κ2) is 8.37. The van der Waals surface area contributed by atoms with Gasteiger partial charge in [-0.05, 0) is 43.5 Å². The summed E-state index contributed by atoms with van der Waals surface area (Å²) in [4.78, 5) is 28.5. The Balaban J connectivity index is 2.04. The van der Waals surface area contributed by atoms with Crippen molar-refractivity contribution >= 4 is 52.5 Å². The molecule has 0 unspecified atom stereocenters. The molecule has 5 nitrogen and oxygen atoms in total. The maximum atomic E-state index is 12.2. The lowest BCUT2D eigenvalue weighted by Gasteiger charge is -2.14. The van der Waals surface area contributed by atoms with Crippen molar-refractivity contribution in [3.63, 3.8) is 0 Å². The summed E-state index contributed by atoms with van der Waals surface area (Å²) in [7, 11) is 0. The number of rotatable bonds is 5. The van der Waals surface area contributed by atoms with E-state index in [1.807, 2.05) is 0 Å². The van der Waals surface area contributed by atoms with Crippen LogP contribution in [0, 0.1) is 0 Å². The van der Waals surface area contributed by atoms with E-state index in [-0.39, 0.29) is 0 Å². The van der Waals surface area contributed by atoms with E-state index in [4.69, 9.17) is 27.9 Å². The molecular formula is C16H14Cl2N2O3S. The van der Waals surface area contributed by atoms with Gasteiger partial charge in [0, 0.05) is 21.9 Å². The van der Waals surface area contributed by atoms with Gasteiger partial charge in [-0.1, -0.05) is 23.2 Å². The minimum atomic E-state index is -0.995. The molecule has 0 aliphatic rings. The van der Waals surface area contributed by atoms with Crippen LogP contribution in [-0.4, -0.2) is 29.2 Å². The molecule has 0 radical (unpaired) electrons. The minimum Gasteiger partial charge on any atom is -0.449 e. The molecule has 1 heterocycles. The van der Waals surface area contributed by atoms with Crippen molar-refractivity contribution in [3.8, 4) is 0 Å². The number of anilines is 1. The number of carbonyl (C=O) groups excluding carboxylic acids is 2. The fourth-order valence-electron chi connectivity index (χ4n) is 1.86. The zero-order chi connectivity index (χ0) is 17.7. The fraction of sp³-hybridized carbons (Fsp3) is 0.188. The number of hydrogen-bond acceptors (Lipinski definition) is 5. The van der Waals surface area contributed by atoms with Gasteiger partial charge in [-0.3, -0.25) is 4.79 Å². The molecule has 2 aromatic rings. The van der Waals surface area contributed by atoms with Crippen LogP contribution in [0.3, 0.4) is 0 Å². The average molecular weight is 385 g/mol. The van der Waals surface area contributed by atoms with E-state index >= 15 is 0 Å². The second-order valence-corrected chi connectivity index (χ2v) is 6.42. The molecule has 0 saturated carbocycles. The first kappa shape index (κ1) is 18.6. The molecule has 8 heteroatoms. The summed E-state index contributed by atoms with van der Waals surface area (Å²) in [5, 5.41) is 3.92. The molecule has 0 bridgehead atoms. The van der Waals surface area contributed by atoms with Crippen LogP contribution in [0.4, 0.5) is 5.69 Å². The largest absolute Gasteiger partial charge is 0.449 e. The molecule has 0 fully saturated rings. The molecule has 1 N–H and O–H groups in total. The summed E-state index contributed by atoms with van der Waals surface area (Å²) < 4.78 is 5.20. The Morgan fingerprint density at radius 1 is 1.25 bits per heavy atom. The lowest BCUT2D eigenvalue weighted by atomic mass is 10.2. The number of pyridine rings is 1. The lowest BCUT2D eigenvalue weighted by molar-refractivity contribution is -0.123. The topological polar surface area (TPSA) is 68.3 Å². The van der Waals surface area contributed by atoms with E-state index < -0.39 is 18.0 Å². The summed E-state index contributed by atoms with van der Waals surface area (Å²) in [5.41, 5.74) is 0.738. The van der Waals surface area contributed by atoms with Crippen molar-refractivity contribution < 1.29 is 14.3 Å². The van der Waals surface area contributed by atoms with Gasteiger partial charge in [0.15, 0.2) is 6.10 Å². The average Bonchev–Trinajstić information content (AvgIpc) is 2.53. The summed E-state index contributed by atoms with van der Waals surface area (Å²) >= 11 is 13.1.